The molecule has 1 rings (SSSR count). The zero-order valence-electron chi connectivity index (χ0n) is 10.5. The van der Waals surface area contributed by atoms with Gasteiger partial charge in [0.2, 0.25) is 0 Å². The summed E-state index contributed by atoms with van der Waals surface area (Å²) in [4.78, 5) is 11.9. The van der Waals surface area contributed by atoms with E-state index < -0.39 is 5.41 Å². The van der Waals surface area contributed by atoms with Crippen LogP contribution in [0.3, 0.4) is 0 Å². The number of esters is 1. The average Bonchev–Trinajstić information content (AvgIpc) is 2.34. The van der Waals surface area contributed by atoms with Crippen LogP contribution >= 0.6 is 15.9 Å². The summed E-state index contributed by atoms with van der Waals surface area (Å²) in [6.07, 6.45) is 2.00. The first-order valence-corrected chi connectivity index (χ1v) is 6.47. The first kappa shape index (κ1) is 14.9. The van der Waals surface area contributed by atoms with Gasteiger partial charge in [0.1, 0.15) is 5.82 Å². The molecule has 4 heteroatoms. The van der Waals surface area contributed by atoms with Crippen molar-refractivity contribution in [3.63, 3.8) is 0 Å². The summed E-state index contributed by atoms with van der Waals surface area (Å²) in [5.74, 6) is -0.643. The van der Waals surface area contributed by atoms with E-state index in [1.807, 2.05) is 0 Å². The van der Waals surface area contributed by atoms with E-state index in [2.05, 4.69) is 22.5 Å². The van der Waals surface area contributed by atoms with Gasteiger partial charge in [-0.25, -0.2) is 4.39 Å². The fraction of sp³-hybridized carbons (Fsp3) is 0.357. The molecule has 0 bridgehead atoms. The summed E-state index contributed by atoms with van der Waals surface area (Å²) in [6, 6.07) is 4.69. The van der Waals surface area contributed by atoms with Crippen molar-refractivity contribution in [2.75, 3.05) is 6.61 Å². The maximum Gasteiger partial charge on any atom is 0.315 e. The molecule has 0 aliphatic rings. The molecule has 0 aliphatic heterocycles. The Morgan fingerprint density at radius 1 is 1.61 bits per heavy atom. The van der Waals surface area contributed by atoms with Crippen molar-refractivity contribution in [2.24, 2.45) is 5.41 Å². The smallest absolute Gasteiger partial charge is 0.315 e. The highest BCUT2D eigenvalue weighted by Crippen LogP contribution is 2.27. The maximum absolute atomic E-state index is 13.1. The predicted molar refractivity (Wildman–Crippen MR) is 72.7 cm³/mol. The van der Waals surface area contributed by atoms with E-state index in [1.165, 1.54) is 6.07 Å². The van der Waals surface area contributed by atoms with Crippen molar-refractivity contribution in [2.45, 2.75) is 20.3 Å². The Kier molecular flexibility index (Phi) is 5.08. The summed E-state index contributed by atoms with van der Waals surface area (Å²) in [6.45, 7) is 7.53. The van der Waals surface area contributed by atoms with Crippen molar-refractivity contribution < 1.29 is 13.9 Å². The lowest BCUT2D eigenvalue weighted by Gasteiger charge is -2.23. The quantitative estimate of drug-likeness (QED) is 0.609. The Hall–Kier alpha value is -1.16. The topological polar surface area (TPSA) is 26.3 Å². The number of carbonyl (C=O) groups excluding carboxylic acids is 1. The fourth-order valence-electron chi connectivity index (χ4n) is 1.60. The van der Waals surface area contributed by atoms with Crippen LogP contribution < -0.4 is 0 Å². The number of benzene rings is 1. The molecule has 2 nitrogen and oxygen atoms in total. The summed E-state index contributed by atoms with van der Waals surface area (Å²) >= 11 is 3.13. The number of carbonyl (C=O) groups is 1. The van der Waals surface area contributed by atoms with E-state index in [9.17, 15) is 9.18 Å². The van der Waals surface area contributed by atoms with E-state index in [0.29, 0.717) is 17.5 Å². The molecular formula is C14H16BrFO2. The van der Waals surface area contributed by atoms with E-state index in [4.69, 9.17) is 4.74 Å². The molecule has 0 spiro atoms. The van der Waals surface area contributed by atoms with Crippen molar-refractivity contribution >= 4 is 21.9 Å². The molecule has 1 aromatic rings. The van der Waals surface area contributed by atoms with Crippen LogP contribution in [0.15, 0.2) is 35.3 Å². The highest BCUT2D eigenvalue weighted by atomic mass is 79.9. The lowest BCUT2D eigenvalue weighted by molar-refractivity contribution is -0.151. The van der Waals surface area contributed by atoms with Crippen LogP contribution in [0, 0.1) is 11.2 Å². The second-order valence-corrected chi connectivity index (χ2v) is 5.12. The summed E-state index contributed by atoms with van der Waals surface area (Å²) in [5, 5.41) is 0. The van der Waals surface area contributed by atoms with Crippen molar-refractivity contribution in [3.8, 4) is 0 Å². The molecule has 0 N–H and O–H groups in total. The largest absolute Gasteiger partial charge is 0.465 e. The number of halogens is 2. The lowest BCUT2D eigenvalue weighted by atomic mass is 9.84. The van der Waals surface area contributed by atoms with Gasteiger partial charge < -0.3 is 4.74 Å². The summed E-state index contributed by atoms with van der Waals surface area (Å²) in [5.41, 5.74) is 0.0477. The number of ether oxygens (including phenoxy) is 1. The Balaban J connectivity index is 2.94. The molecule has 0 amide bonds. The average molecular weight is 315 g/mol. The normalized spacial score (nSPS) is 13.8. The molecule has 0 saturated heterocycles. The molecule has 18 heavy (non-hydrogen) atoms. The molecule has 0 radical (unpaired) electrons. The predicted octanol–water partition coefficient (Wildman–Crippen LogP) is 3.89. The van der Waals surface area contributed by atoms with Gasteiger partial charge in [0.05, 0.1) is 16.5 Å². The van der Waals surface area contributed by atoms with Gasteiger partial charge in [-0.15, -0.1) is 6.58 Å². The Bertz CT molecular complexity index is 459. The molecule has 1 atom stereocenters. The SMILES string of the molecule is C=CC(C)(Cc1ccc(F)c(Br)c1)C(=O)OCC. The minimum Gasteiger partial charge on any atom is -0.465 e. The van der Waals surface area contributed by atoms with Gasteiger partial charge in [-0.2, -0.15) is 0 Å². The van der Waals surface area contributed by atoms with Gasteiger partial charge in [-0.3, -0.25) is 4.79 Å². The number of hydrogen-bond acceptors (Lipinski definition) is 2. The molecule has 0 aromatic heterocycles. The molecule has 0 saturated carbocycles. The van der Waals surface area contributed by atoms with Crippen molar-refractivity contribution in [1.29, 1.82) is 0 Å². The standard InChI is InChI=1S/C14H16BrFO2/c1-4-14(3,13(17)18-5-2)9-10-6-7-12(16)11(15)8-10/h4,6-8H,1,5,9H2,2-3H3. The fourth-order valence-corrected chi connectivity index (χ4v) is 2.02. The Morgan fingerprint density at radius 2 is 2.28 bits per heavy atom. The summed E-state index contributed by atoms with van der Waals surface area (Å²) < 4.78 is 18.5. The Labute approximate surface area is 115 Å². The van der Waals surface area contributed by atoms with Gasteiger partial charge in [-0.1, -0.05) is 12.1 Å². The molecule has 0 fully saturated rings. The molecule has 1 unspecified atom stereocenters. The van der Waals surface area contributed by atoms with E-state index in [0.717, 1.165) is 5.56 Å². The summed E-state index contributed by atoms with van der Waals surface area (Å²) in [7, 11) is 0. The molecule has 0 heterocycles. The highest BCUT2D eigenvalue weighted by Gasteiger charge is 2.31. The first-order chi connectivity index (χ1) is 8.42. The van der Waals surface area contributed by atoms with Gasteiger partial charge >= 0.3 is 5.97 Å². The van der Waals surface area contributed by atoms with Gasteiger partial charge in [0.15, 0.2) is 0 Å². The molecular weight excluding hydrogens is 299 g/mol. The number of hydrogen-bond donors (Lipinski definition) is 0. The second kappa shape index (κ2) is 6.14. The zero-order chi connectivity index (χ0) is 13.8. The van der Waals surface area contributed by atoms with E-state index in [-0.39, 0.29) is 11.8 Å². The monoisotopic (exact) mass is 314 g/mol. The molecule has 98 valence electrons. The van der Waals surface area contributed by atoms with Crippen LogP contribution in [0.5, 0.6) is 0 Å². The molecule has 1 aromatic carbocycles. The minimum atomic E-state index is -0.798. The van der Waals surface area contributed by atoms with Crippen LogP contribution in [0.25, 0.3) is 0 Å². The zero-order valence-corrected chi connectivity index (χ0v) is 12.1. The third-order valence-corrected chi connectivity index (χ3v) is 3.36. The van der Waals surface area contributed by atoms with E-state index >= 15 is 0 Å². The van der Waals surface area contributed by atoms with Crippen LogP contribution in [-0.4, -0.2) is 12.6 Å². The lowest BCUT2D eigenvalue weighted by Crippen LogP contribution is -2.30. The van der Waals surface area contributed by atoms with Crippen molar-refractivity contribution in [1.82, 2.24) is 0 Å². The highest BCUT2D eigenvalue weighted by molar-refractivity contribution is 9.10. The van der Waals surface area contributed by atoms with Crippen LogP contribution in [0.1, 0.15) is 19.4 Å². The minimum absolute atomic E-state index is 0.319. The number of rotatable bonds is 5. The first-order valence-electron chi connectivity index (χ1n) is 5.67. The van der Waals surface area contributed by atoms with Gasteiger partial charge in [0, 0.05) is 0 Å². The van der Waals surface area contributed by atoms with Crippen LogP contribution in [0.4, 0.5) is 4.39 Å². The maximum atomic E-state index is 13.1. The van der Waals surface area contributed by atoms with Gasteiger partial charge in [0.25, 0.3) is 0 Å². The third kappa shape index (κ3) is 3.42. The van der Waals surface area contributed by atoms with Gasteiger partial charge in [-0.05, 0) is 53.9 Å². The Morgan fingerprint density at radius 3 is 2.78 bits per heavy atom. The van der Waals surface area contributed by atoms with Crippen molar-refractivity contribution in [3.05, 3.63) is 46.7 Å². The second-order valence-electron chi connectivity index (χ2n) is 4.27. The van der Waals surface area contributed by atoms with E-state index in [1.54, 1.807) is 32.1 Å². The van der Waals surface area contributed by atoms with Crippen LogP contribution in [0.2, 0.25) is 0 Å². The van der Waals surface area contributed by atoms with Crippen LogP contribution in [-0.2, 0) is 16.0 Å². The third-order valence-electron chi connectivity index (χ3n) is 2.75. The molecule has 0 aliphatic carbocycles.